The minimum atomic E-state index is -0.449. The van der Waals surface area contributed by atoms with E-state index in [1.807, 2.05) is 36.1 Å². The number of nitrogens with zero attached hydrogens (tertiary/aromatic N) is 3. The SMILES string of the molecule is CCn1cc(C(O)CCc2cccnc2)cn1. The maximum atomic E-state index is 10.0. The molecule has 1 atom stereocenters. The summed E-state index contributed by atoms with van der Waals surface area (Å²) in [4.78, 5) is 4.05. The van der Waals surface area contributed by atoms with Gasteiger partial charge in [-0.1, -0.05) is 6.07 Å². The van der Waals surface area contributed by atoms with Crippen molar-refractivity contribution < 1.29 is 5.11 Å². The summed E-state index contributed by atoms with van der Waals surface area (Å²) >= 11 is 0. The van der Waals surface area contributed by atoms with Gasteiger partial charge in [0.2, 0.25) is 0 Å². The summed E-state index contributed by atoms with van der Waals surface area (Å²) in [6, 6.07) is 3.94. The highest BCUT2D eigenvalue weighted by Crippen LogP contribution is 2.18. The second-order valence-electron chi connectivity index (χ2n) is 4.05. The minimum Gasteiger partial charge on any atom is -0.388 e. The lowest BCUT2D eigenvalue weighted by atomic mass is 10.1. The molecule has 2 rings (SSSR count). The Bertz CT molecular complexity index is 453. The topological polar surface area (TPSA) is 50.9 Å². The molecule has 1 unspecified atom stereocenters. The van der Waals surface area contributed by atoms with E-state index in [1.54, 1.807) is 12.4 Å². The van der Waals surface area contributed by atoms with E-state index in [9.17, 15) is 5.11 Å². The first kappa shape index (κ1) is 11.8. The van der Waals surface area contributed by atoms with Gasteiger partial charge < -0.3 is 5.11 Å². The number of hydrogen-bond acceptors (Lipinski definition) is 3. The van der Waals surface area contributed by atoms with Crippen LogP contribution < -0.4 is 0 Å². The van der Waals surface area contributed by atoms with Crippen LogP contribution in [0.5, 0.6) is 0 Å². The Kier molecular flexibility index (Phi) is 3.88. The number of aliphatic hydroxyl groups is 1. The number of hydrogen-bond donors (Lipinski definition) is 1. The Balaban J connectivity index is 1.91. The Hall–Kier alpha value is -1.68. The molecule has 2 heterocycles. The number of aryl methyl sites for hydroxylation is 2. The molecule has 0 radical (unpaired) electrons. The van der Waals surface area contributed by atoms with Crippen molar-refractivity contribution in [2.24, 2.45) is 0 Å². The van der Waals surface area contributed by atoms with E-state index < -0.39 is 6.10 Å². The Labute approximate surface area is 101 Å². The van der Waals surface area contributed by atoms with Crippen LogP contribution in [0.1, 0.15) is 30.6 Å². The molecule has 2 aromatic heterocycles. The fourth-order valence-electron chi connectivity index (χ4n) is 1.74. The minimum absolute atomic E-state index is 0.449. The highest BCUT2D eigenvalue weighted by atomic mass is 16.3. The van der Waals surface area contributed by atoms with Crippen molar-refractivity contribution >= 4 is 0 Å². The van der Waals surface area contributed by atoms with Crippen LogP contribution >= 0.6 is 0 Å². The average Bonchev–Trinajstić information content (AvgIpc) is 2.86. The summed E-state index contributed by atoms with van der Waals surface area (Å²) in [5.41, 5.74) is 2.03. The van der Waals surface area contributed by atoms with Gasteiger partial charge in [-0.3, -0.25) is 9.67 Å². The molecule has 1 N–H and O–H groups in total. The van der Waals surface area contributed by atoms with Gasteiger partial charge in [0.15, 0.2) is 0 Å². The van der Waals surface area contributed by atoms with Crippen molar-refractivity contribution in [3.8, 4) is 0 Å². The van der Waals surface area contributed by atoms with Crippen molar-refractivity contribution in [1.82, 2.24) is 14.8 Å². The summed E-state index contributed by atoms with van der Waals surface area (Å²) < 4.78 is 1.82. The largest absolute Gasteiger partial charge is 0.388 e. The molecule has 0 spiro atoms. The molecule has 0 saturated heterocycles. The third kappa shape index (κ3) is 3.14. The number of pyridine rings is 1. The highest BCUT2D eigenvalue weighted by molar-refractivity contribution is 5.12. The molecule has 0 aliphatic rings. The van der Waals surface area contributed by atoms with Crippen LogP contribution in [0.15, 0.2) is 36.9 Å². The predicted octanol–water partition coefficient (Wildman–Crippen LogP) is 1.96. The number of aromatic nitrogens is 3. The molecule has 4 nitrogen and oxygen atoms in total. The molecule has 0 aliphatic carbocycles. The van der Waals surface area contributed by atoms with Crippen molar-refractivity contribution in [2.75, 3.05) is 0 Å². The van der Waals surface area contributed by atoms with E-state index in [4.69, 9.17) is 0 Å². The first-order chi connectivity index (χ1) is 8.29. The van der Waals surface area contributed by atoms with Gasteiger partial charge in [-0.15, -0.1) is 0 Å². The fourth-order valence-corrected chi connectivity index (χ4v) is 1.74. The van der Waals surface area contributed by atoms with Crippen LogP contribution in [0.25, 0.3) is 0 Å². The summed E-state index contributed by atoms with van der Waals surface area (Å²) in [5.74, 6) is 0. The average molecular weight is 231 g/mol. The quantitative estimate of drug-likeness (QED) is 0.855. The number of rotatable bonds is 5. The van der Waals surface area contributed by atoms with Crippen LogP contribution in [-0.2, 0) is 13.0 Å². The van der Waals surface area contributed by atoms with Crippen molar-refractivity contribution in [1.29, 1.82) is 0 Å². The van der Waals surface area contributed by atoms with E-state index in [-0.39, 0.29) is 0 Å². The Morgan fingerprint density at radius 1 is 1.41 bits per heavy atom. The Morgan fingerprint density at radius 2 is 2.29 bits per heavy atom. The zero-order chi connectivity index (χ0) is 12.1. The zero-order valence-electron chi connectivity index (χ0n) is 9.95. The standard InChI is InChI=1S/C13H17N3O/c1-2-16-10-12(9-15-16)13(17)6-5-11-4-3-7-14-8-11/h3-4,7-10,13,17H,2,5-6H2,1H3. The second-order valence-corrected chi connectivity index (χ2v) is 4.05. The van der Waals surface area contributed by atoms with Crippen molar-refractivity contribution in [3.63, 3.8) is 0 Å². The van der Waals surface area contributed by atoms with Gasteiger partial charge >= 0.3 is 0 Å². The molecular weight excluding hydrogens is 214 g/mol. The summed E-state index contributed by atoms with van der Waals surface area (Å²) in [5, 5.41) is 14.2. The Morgan fingerprint density at radius 3 is 2.94 bits per heavy atom. The molecule has 0 fully saturated rings. The molecule has 4 heteroatoms. The molecule has 0 aromatic carbocycles. The predicted molar refractivity (Wildman–Crippen MR) is 65.4 cm³/mol. The van der Waals surface area contributed by atoms with Crippen LogP contribution in [0, 0.1) is 0 Å². The molecular formula is C13H17N3O. The van der Waals surface area contributed by atoms with E-state index in [0.717, 1.165) is 24.1 Å². The fraction of sp³-hybridized carbons (Fsp3) is 0.385. The maximum absolute atomic E-state index is 10.0. The van der Waals surface area contributed by atoms with Gasteiger partial charge in [0.05, 0.1) is 12.3 Å². The lowest BCUT2D eigenvalue weighted by Gasteiger charge is -2.07. The first-order valence-corrected chi connectivity index (χ1v) is 5.89. The molecule has 2 aromatic rings. The monoisotopic (exact) mass is 231 g/mol. The molecule has 0 amide bonds. The van der Waals surface area contributed by atoms with Crippen LogP contribution in [0.3, 0.4) is 0 Å². The molecule has 90 valence electrons. The van der Waals surface area contributed by atoms with Gasteiger partial charge in [0.1, 0.15) is 0 Å². The van der Waals surface area contributed by atoms with Crippen LogP contribution in [-0.4, -0.2) is 19.9 Å². The maximum Gasteiger partial charge on any atom is 0.0823 e. The van der Waals surface area contributed by atoms with Gasteiger partial charge in [-0.05, 0) is 31.4 Å². The number of aliphatic hydroxyl groups excluding tert-OH is 1. The smallest absolute Gasteiger partial charge is 0.0823 e. The lowest BCUT2D eigenvalue weighted by Crippen LogP contribution is -1.99. The van der Waals surface area contributed by atoms with Gasteiger partial charge in [-0.25, -0.2) is 0 Å². The molecule has 0 aliphatic heterocycles. The lowest BCUT2D eigenvalue weighted by molar-refractivity contribution is 0.167. The van der Waals surface area contributed by atoms with Crippen molar-refractivity contribution in [2.45, 2.75) is 32.4 Å². The molecule has 0 saturated carbocycles. The normalized spacial score (nSPS) is 12.6. The van der Waals surface area contributed by atoms with Gasteiger partial charge in [0, 0.05) is 30.7 Å². The summed E-state index contributed by atoms with van der Waals surface area (Å²) in [6.07, 6.45) is 8.29. The van der Waals surface area contributed by atoms with Crippen molar-refractivity contribution in [3.05, 3.63) is 48.0 Å². The zero-order valence-corrected chi connectivity index (χ0v) is 9.95. The van der Waals surface area contributed by atoms with Gasteiger partial charge in [0.25, 0.3) is 0 Å². The van der Waals surface area contributed by atoms with Crippen LogP contribution in [0.2, 0.25) is 0 Å². The highest BCUT2D eigenvalue weighted by Gasteiger charge is 2.09. The van der Waals surface area contributed by atoms with E-state index in [1.165, 1.54) is 0 Å². The second kappa shape index (κ2) is 5.59. The first-order valence-electron chi connectivity index (χ1n) is 5.89. The van der Waals surface area contributed by atoms with E-state index in [2.05, 4.69) is 10.1 Å². The third-order valence-electron chi connectivity index (χ3n) is 2.79. The third-order valence-corrected chi connectivity index (χ3v) is 2.79. The van der Waals surface area contributed by atoms with E-state index in [0.29, 0.717) is 6.42 Å². The molecule has 0 bridgehead atoms. The van der Waals surface area contributed by atoms with Crippen LogP contribution in [0.4, 0.5) is 0 Å². The van der Waals surface area contributed by atoms with E-state index >= 15 is 0 Å². The molecule has 17 heavy (non-hydrogen) atoms. The summed E-state index contributed by atoms with van der Waals surface area (Å²) in [6.45, 7) is 2.86. The summed E-state index contributed by atoms with van der Waals surface area (Å²) in [7, 11) is 0. The van der Waals surface area contributed by atoms with Gasteiger partial charge in [-0.2, -0.15) is 5.10 Å².